The summed E-state index contributed by atoms with van der Waals surface area (Å²) in [5, 5.41) is 16.7. The van der Waals surface area contributed by atoms with Crippen molar-refractivity contribution in [3.8, 4) is 0 Å². The van der Waals surface area contributed by atoms with Crippen molar-refractivity contribution in [3.63, 3.8) is 0 Å². The summed E-state index contributed by atoms with van der Waals surface area (Å²) in [6, 6.07) is 3.75. The van der Waals surface area contributed by atoms with Crippen LogP contribution in [0.15, 0.2) is 18.2 Å². The van der Waals surface area contributed by atoms with Crippen LogP contribution in [0.25, 0.3) is 0 Å². The lowest BCUT2D eigenvalue weighted by Gasteiger charge is -2.29. The molecule has 0 spiro atoms. The number of nitro groups is 1. The van der Waals surface area contributed by atoms with E-state index in [1.54, 1.807) is 0 Å². The first kappa shape index (κ1) is 14.7. The SMILES string of the molecule is CC1CCCNC1C(=O)Nc1ccc([N+](=O)[O-])cc1Cl. The number of hydrogen-bond acceptors (Lipinski definition) is 4. The van der Waals surface area contributed by atoms with E-state index in [2.05, 4.69) is 10.6 Å². The van der Waals surface area contributed by atoms with Crippen molar-refractivity contribution in [2.45, 2.75) is 25.8 Å². The number of rotatable bonds is 3. The number of nitrogens with one attached hydrogen (secondary N) is 2. The van der Waals surface area contributed by atoms with Gasteiger partial charge in [-0.05, 0) is 31.4 Å². The second-order valence-electron chi connectivity index (χ2n) is 4.96. The van der Waals surface area contributed by atoms with Crippen molar-refractivity contribution >= 4 is 28.9 Å². The molecular formula is C13H16ClN3O3. The molecule has 20 heavy (non-hydrogen) atoms. The highest BCUT2D eigenvalue weighted by atomic mass is 35.5. The van der Waals surface area contributed by atoms with Crippen molar-refractivity contribution in [1.82, 2.24) is 5.32 Å². The van der Waals surface area contributed by atoms with E-state index in [4.69, 9.17) is 11.6 Å². The van der Waals surface area contributed by atoms with Crippen LogP contribution in [0, 0.1) is 16.0 Å². The Balaban J connectivity index is 2.09. The largest absolute Gasteiger partial charge is 0.323 e. The molecule has 0 saturated carbocycles. The number of nitro benzene ring substituents is 1. The lowest BCUT2D eigenvalue weighted by molar-refractivity contribution is -0.384. The summed E-state index contributed by atoms with van der Waals surface area (Å²) in [6.45, 7) is 2.84. The fourth-order valence-electron chi connectivity index (χ4n) is 2.33. The number of amides is 1. The molecule has 0 bridgehead atoms. The van der Waals surface area contributed by atoms with Gasteiger partial charge in [0.2, 0.25) is 5.91 Å². The average molecular weight is 298 g/mol. The molecule has 2 atom stereocenters. The summed E-state index contributed by atoms with van der Waals surface area (Å²) in [4.78, 5) is 22.3. The van der Waals surface area contributed by atoms with Crippen LogP contribution in [0.2, 0.25) is 5.02 Å². The molecule has 1 aromatic carbocycles. The number of carbonyl (C=O) groups is 1. The maximum Gasteiger partial charge on any atom is 0.271 e. The Labute approximate surface area is 121 Å². The molecule has 1 saturated heterocycles. The summed E-state index contributed by atoms with van der Waals surface area (Å²) in [7, 11) is 0. The van der Waals surface area contributed by atoms with Gasteiger partial charge < -0.3 is 10.6 Å². The van der Waals surface area contributed by atoms with Crippen LogP contribution < -0.4 is 10.6 Å². The van der Waals surface area contributed by atoms with Gasteiger partial charge in [0.25, 0.3) is 5.69 Å². The molecule has 1 fully saturated rings. The topological polar surface area (TPSA) is 84.3 Å². The van der Waals surface area contributed by atoms with Gasteiger partial charge in [0.1, 0.15) is 0 Å². The average Bonchev–Trinajstić information content (AvgIpc) is 2.41. The Kier molecular flexibility index (Phi) is 4.57. The molecule has 0 radical (unpaired) electrons. The third-order valence-electron chi connectivity index (χ3n) is 3.47. The maximum absolute atomic E-state index is 12.2. The molecule has 7 heteroatoms. The van der Waals surface area contributed by atoms with Gasteiger partial charge in [0.15, 0.2) is 0 Å². The van der Waals surface area contributed by atoms with E-state index >= 15 is 0 Å². The Morgan fingerprint density at radius 2 is 2.30 bits per heavy atom. The number of halogens is 1. The van der Waals surface area contributed by atoms with Crippen LogP contribution >= 0.6 is 11.6 Å². The molecule has 0 aromatic heterocycles. The second-order valence-corrected chi connectivity index (χ2v) is 5.37. The van der Waals surface area contributed by atoms with E-state index in [0.29, 0.717) is 5.69 Å². The lowest BCUT2D eigenvalue weighted by atomic mass is 9.92. The van der Waals surface area contributed by atoms with E-state index in [-0.39, 0.29) is 28.6 Å². The van der Waals surface area contributed by atoms with Crippen LogP contribution in [0.1, 0.15) is 19.8 Å². The van der Waals surface area contributed by atoms with Gasteiger partial charge in [0, 0.05) is 12.1 Å². The zero-order chi connectivity index (χ0) is 14.7. The standard InChI is InChI=1S/C13H16ClN3O3/c1-8-3-2-6-15-12(8)13(18)16-11-5-4-9(17(19)20)7-10(11)14/h4-5,7-8,12,15H,2-3,6H2,1H3,(H,16,18). The molecule has 0 aliphatic carbocycles. The van der Waals surface area contributed by atoms with Crippen LogP contribution in [-0.4, -0.2) is 23.4 Å². The number of non-ortho nitro benzene ring substituents is 1. The van der Waals surface area contributed by atoms with Gasteiger partial charge >= 0.3 is 0 Å². The summed E-state index contributed by atoms with van der Waals surface area (Å²) < 4.78 is 0. The first-order chi connectivity index (χ1) is 9.49. The monoisotopic (exact) mass is 297 g/mol. The van der Waals surface area contributed by atoms with Gasteiger partial charge in [-0.25, -0.2) is 0 Å². The van der Waals surface area contributed by atoms with Crippen molar-refractivity contribution in [2.24, 2.45) is 5.92 Å². The third-order valence-corrected chi connectivity index (χ3v) is 3.79. The van der Waals surface area contributed by atoms with Crippen molar-refractivity contribution < 1.29 is 9.72 Å². The Bertz CT molecular complexity index is 536. The molecule has 108 valence electrons. The van der Waals surface area contributed by atoms with Gasteiger partial charge in [-0.3, -0.25) is 14.9 Å². The minimum absolute atomic E-state index is 0.0999. The van der Waals surface area contributed by atoms with Crippen molar-refractivity contribution in [3.05, 3.63) is 33.3 Å². The zero-order valence-electron chi connectivity index (χ0n) is 11.1. The summed E-state index contributed by atoms with van der Waals surface area (Å²) in [5.41, 5.74) is 0.291. The molecule has 6 nitrogen and oxygen atoms in total. The number of carbonyl (C=O) groups excluding carboxylic acids is 1. The lowest BCUT2D eigenvalue weighted by Crippen LogP contribution is -2.48. The summed E-state index contributed by atoms with van der Waals surface area (Å²) in [6.07, 6.45) is 2.06. The van der Waals surface area contributed by atoms with Crippen LogP contribution in [0.5, 0.6) is 0 Å². The molecule has 1 aromatic rings. The summed E-state index contributed by atoms with van der Waals surface area (Å²) >= 11 is 5.95. The number of anilines is 1. The van der Waals surface area contributed by atoms with Gasteiger partial charge in [-0.2, -0.15) is 0 Å². The second kappa shape index (κ2) is 6.19. The first-order valence-corrected chi connectivity index (χ1v) is 6.85. The van der Waals surface area contributed by atoms with Gasteiger partial charge in [-0.15, -0.1) is 0 Å². The van der Waals surface area contributed by atoms with Crippen LogP contribution in [0.4, 0.5) is 11.4 Å². The van der Waals surface area contributed by atoms with E-state index < -0.39 is 4.92 Å². The Hall–Kier alpha value is -1.66. The quantitative estimate of drug-likeness (QED) is 0.663. The fraction of sp³-hybridized carbons (Fsp3) is 0.462. The number of hydrogen-bond donors (Lipinski definition) is 2. The predicted molar refractivity (Wildman–Crippen MR) is 76.9 cm³/mol. The van der Waals surface area contributed by atoms with Gasteiger partial charge in [0.05, 0.1) is 21.7 Å². The molecule has 2 rings (SSSR count). The van der Waals surface area contributed by atoms with Crippen molar-refractivity contribution in [2.75, 3.05) is 11.9 Å². The number of benzene rings is 1. The predicted octanol–water partition coefficient (Wildman–Crippen LogP) is 2.57. The molecule has 2 unspecified atom stereocenters. The molecular weight excluding hydrogens is 282 g/mol. The van der Waals surface area contributed by atoms with Crippen LogP contribution in [0.3, 0.4) is 0 Å². The van der Waals surface area contributed by atoms with Gasteiger partial charge in [-0.1, -0.05) is 18.5 Å². The first-order valence-electron chi connectivity index (χ1n) is 6.47. The highest BCUT2D eigenvalue weighted by Crippen LogP contribution is 2.27. The Morgan fingerprint density at radius 3 is 2.90 bits per heavy atom. The fourth-order valence-corrected chi connectivity index (χ4v) is 2.55. The third kappa shape index (κ3) is 3.26. The normalized spacial score (nSPS) is 22.3. The van der Waals surface area contributed by atoms with Crippen molar-refractivity contribution in [1.29, 1.82) is 0 Å². The minimum atomic E-state index is -0.526. The van der Waals surface area contributed by atoms with Crippen LogP contribution in [-0.2, 0) is 4.79 Å². The molecule has 1 heterocycles. The highest BCUT2D eigenvalue weighted by Gasteiger charge is 2.27. The number of piperidine rings is 1. The maximum atomic E-state index is 12.2. The smallest absolute Gasteiger partial charge is 0.271 e. The molecule has 1 amide bonds. The molecule has 1 aliphatic heterocycles. The highest BCUT2D eigenvalue weighted by molar-refractivity contribution is 6.34. The number of nitrogens with zero attached hydrogens (tertiary/aromatic N) is 1. The summed E-state index contributed by atoms with van der Waals surface area (Å²) in [5.74, 6) is 0.0912. The molecule has 1 aliphatic rings. The van der Waals surface area contributed by atoms with E-state index in [1.165, 1.54) is 18.2 Å². The van der Waals surface area contributed by atoms with E-state index in [1.807, 2.05) is 6.92 Å². The van der Waals surface area contributed by atoms with E-state index in [0.717, 1.165) is 19.4 Å². The molecule has 2 N–H and O–H groups in total. The zero-order valence-corrected chi connectivity index (χ0v) is 11.8. The minimum Gasteiger partial charge on any atom is -0.323 e. The Morgan fingerprint density at radius 1 is 1.55 bits per heavy atom. The van der Waals surface area contributed by atoms with E-state index in [9.17, 15) is 14.9 Å².